The third kappa shape index (κ3) is 5.39. The summed E-state index contributed by atoms with van der Waals surface area (Å²) >= 11 is 0. The summed E-state index contributed by atoms with van der Waals surface area (Å²) in [6.07, 6.45) is 0.0464. The molecule has 0 heterocycles. The highest BCUT2D eigenvalue weighted by atomic mass is 31.2. The Labute approximate surface area is 104 Å². The summed E-state index contributed by atoms with van der Waals surface area (Å²) in [6.45, 7) is -0.840. The molecule has 1 aromatic carbocycles. The van der Waals surface area contributed by atoms with Crippen molar-refractivity contribution in [1.82, 2.24) is 5.09 Å². The van der Waals surface area contributed by atoms with Crippen LogP contribution in [0.1, 0.15) is 5.56 Å². The molecule has 0 saturated heterocycles. The lowest BCUT2D eigenvalue weighted by atomic mass is 10.1. The number of carbonyl (C=O) groups is 1. The molecular weight excluding hydrogens is 261 g/mol. The van der Waals surface area contributed by atoms with Crippen LogP contribution in [0.25, 0.3) is 0 Å². The topological polar surface area (TPSA) is 116 Å². The molecule has 0 spiro atoms. The van der Waals surface area contributed by atoms with Gasteiger partial charge >= 0.3 is 13.7 Å². The molecule has 1 rings (SSSR count). The highest BCUT2D eigenvalue weighted by Gasteiger charge is 2.27. The summed E-state index contributed by atoms with van der Waals surface area (Å²) < 4.78 is 15.2. The van der Waals surface area contributed by atoms with E-state index in [-0.39, 0.29) is 6.42 Å². The lowest BCUT2D eigenvalue weighted by molar-refractivity contribution is -0.153. The second-order valence-corrected chi connectivity index (χ2v) is 4.85. The first-order valence-electron chi connectivity index (χ1n) is 5.07. The van der Waals surface area contributed by atoms with Gasteiger partial charge in [0.25, 0.3) is 0 Å². The van der Waals surface area contributed by atoms with Crippen molar-refractivity contribution in [3.8, 4) is 0 Å². The predicted molar refractivity (Wildman–Crippen MR) is 62.3 cm³/mol. The monoisotopic (exact) mass is 275 g/mol. The largest absolute Gasteiger partial charge is 0.437 e. The van der Waals surface area contributed by atoms with Crippen LogP contribution < -0.4 is 5.09 Å². The molecule has 4 N–H and O–H groups in total. The van der Waals surface area contributed by atoms with Crippen LogP contribution in [0.15, 0.2) is 30.3 Å². The molecule has 1 aromatic rings. The Bertz CT molecular complexity index is 431. The van der Waals surface area contributed by atoms with Crippen molar-refractivity contribution in [3.05, 3.63) is 35.9 Å². The van der Waals surface area contributed by atoms with Crippen LogP contribution >= 0.6 is 7.75 Å². The normalized spacial score (nSPS) is 13.1. The van der Waals surface area contributed by atoms with Crippen molar-refractivity contribution in [3.63, 3.8) is 0 Å². The lowest BCUT2D eigenvalue weighted by Gasteiger charge is -2.17. The fourth-order valence-corrected chi connectivity index (χ4v) is 2.00. The summed E-state index contributed by atoms with van der Waals surface area (Å²) in [5.41, 5.74) is 0.707. The van der Waals surface area contributed by atoms with Crippen molar-refractivity contribution in [1.29, 1.82) is 0 Å². The van der Waals surface area contributed by atoms with Crippen LogP contribution in [0, 0.1) is 0 Å². The van der Waals surface area contributed by atoms with Gasteiger partial charge in [-0.05, 0) is 12.0 Å². The van der Waals surface area contributed by atoms with Crippen LogP contribution in [-0.4, -0.2) is 33.7 Å². The number of aliphatic hydroxyl groups is 1. The number of nitrogens with one attached hydrogen (secondary N) is 1. The molecule has 18 heavy (non-hydrogen) atoms. The first-order valence-corrected chi connectivity index (χ1v) is 6.68. The number of hydrogen-bond donors (Lipinski definition) is 4. The molecular formula is C10H14NO6P. The zero-order valence-electron chi connectivity index (χ0n) is 9.39. The van der Waals surface area contributed by atoms with Crippen molar-refractivity contribution in [2.45, 2.75) is 12.5 Å². The Kier molecular flexibility index (Phi) is 5.46. The zero-order chi connectivity index (χ0) is 13.6. The van der Waals surface area contributed by atoms with E-state index in [1.165, 1.54) is 0 Å². The van der Waals surface area contributed by atoms with Gasteiger partial charge in [0.1, 0.15) is 6.04 Å². The van der Waals surface area contributed by atoms with E-state index in [1.807, 2.05) is 5.09 Å². The lowest BCUT2D eigenvalue weighted by Crippen LogP contribution is -2.38. The van der Waals surface area contributed by atoms with Gasteiger partial charge in [-0.25, -0.2) is 9.65 Å². The Balaban J connectivity index is 2.78. The number of esters is 1. The Morgan fingerprint density at radius 1 is 1.33 bits per heavy atom. The van der Waals surface area contributed by atoms with Gasteiger partial charge in [0, 0.05) is 0 Å². The van der Waals surface area contributed by atoms with Crippen molar-refractivity contribution < 1.29 is 29.0 Å². The van der Waals surface area contributed by atoms with Crippen molar-refractivity contribution >= 4 is 13.7 Å². The molecule has 8 heteroatoms. The molecule has 0 radical (unpaired) electrons. The van der Waals surface area contributed by atoms with Gasteiger partial charge in [-0.1, -0.05) is 30.3 Å². The Hall–Kier alpha value is -1.24. The number of benzene rings is 1. The molecule has 0 fully saturated rings. The van der Waals surface area contributed by atoms with E-state index >= 15 is 0 Å². The minimum absolute atomic E-state index is 0.0464. The molecule has 0 unspecified atom stereocenters. The van der Waals surface area contributed by atoms with Gasteiger partial charge in [0.2, 0.25) is 0 Å². The summed E-state index contributed by atoms with van der Waals surface area (Å²) in [6, 6.07) is 7.45. The maximum absolute atomic E-state index is 11.4. The molecule has 0 aromatic heterocycles. The minimum atomic E-state index is -4.57. The number of ether oxygens (including phenoxy) is 1. The summed E-state index contributed by atoms with van der Waals surface area (Å²) in [5.74, 6) is -0.926. The molecule has 0 saturated carbocycles. The first-order chi connectivity index (χ1) is 8.42. The van der Waals surface area contributed by atoms with E-state index in [1.54, 1.807) is 30.3 Å². The van der Waals surface area contributed by atoms with E-state index in [9.17, 15) is 9.36 Å². The van der Waals surface area contributed by atoms with E-state index in [2.05, 4.69) is 4.74 Å². The van der Waals surface area contributed by atoms with Crippen LogP contribution in [0.5, 0.6) is 0 Å². The van der Waals surface area contributed by atoms with Gasteiger partial charge in [0.05, 0.1) is 0 Å². The SMILES string of the molecule is O=C(OCO)[C@H](Cc1ccccc1)NP(=O)(O)O. The highest BCUT2D eigenvalue weighted by Crippen LogP contribution is 2.29. The summed E-state index contributed by atoms with van der Waals surface area (Å²) in [7, 11) is -4.57. The zero-order valence-corrected chi connectivity index (χ0v) is 10.3. The second-order valence-electron chi connectivity index (χ2n) is 3.51. The fraction of sp³-hybridized carbons (Fsp3) is 0.300. The summed E-state index contributed by atoms with van der Waals surface area (Å²) in [4.78, 5) is 29.1. The van der Waals surface area contributed by atoms with Crippen molar-refractivity contribution in [2.24, 2.45) is 0 Å². The molecule has 0 aliphatic heterocycles. The quantitative estimate of drug-likeness (QED) is 0.322. The maximum Gasteiger partial charge on any atom is 0.401 e. The minimum Gasteiger partial charge on any atom is -0.437 e. The van der Waals surface area contributed by atoms with Gasteiger partial charge < -0.3 is 19.6 Å². The molecule has 0 bridgehead atoms. The van der Waals surface area contributed by atoms with Gasteiger partial charge in [-0.2, -0.15) is 0 Å². The van der Waals surface area contributed by atoms with Crippen LogP contribution in [0.2, 0.25) is 0 Å². The number of aliphatic hydroxyl groups excluding tert-OH is 1. The summed E-state index contributed by atoms with van der Waals surface area (Å²) in [5, 5.41) is 10.4. The third-order valence-corrected chi connectivity index (χ3v) is 2.75. The smallest absolute Gasteiger partial charge is 0.401 e. The van der Waals surface area contributed by atoms with Gasteiger partial charge in [0.15, 0.2) is 6.79 Å². The molecule has 0 aliphatic rings. The molecule has 0 aliphatic carbocycles. The Morgan fingerprint density at radius 3 is 2.44 bits per heavy atom. The second kappa shape index (κ2) is 6.63. The highest BCUT2D eigenvalue weighted by molar-refractivity contribution is 7.49. The van der Waals surface area contributed by atoms with Gasteiger partial charge in [-0.3, -0.25) is 4.79 Å². The molecule has 0 amide bonds. The predicted octanol–water partition coefficient (Wildman–Crippen LogP) is -0.227. The van der Waals surface area contributed by atoms with Crippen LogP contribution in [0.3, 0.4) is 0 Å². The van der Waals surface area contributed by atoms with Gasteiger partial charge in [-0.15, -0.1) is 0 Å². The Morgan fingerprint density at radius 2 is 1.94 bits per heavy atom. The van der Waals surface area contributed by atoms with E-state index in [4.69, 9.17) is 14.9 Å². The van der Waals surface area contributed by atoms with Crippen molar-refractivity contribution in [2.75, 3.05) is 6.79 Å². The number of rotatable bonds is 6. The first kappa shape index (κ1) is 14.8. The molecule has 1 atom stereocenters. The average Bonchev–Trinajstić information content (AvgIpc) is 2.28. The number of carbonyl (C=O) groups excluding carboxylic acids is 1. The molecule has 100 valence electrons. The van der Waals surface area contributed by atoms with E-state index in [0.717, 1.165) is 0 Å². The van der Waals surface area contributed by atoms with Crippen LogP contribution in [0.4, 0.5) is 0 Å². The standard InChI is InChI=1S/C10H14NO6P/c12-7-17-10(13)9(11-18(14,15)16)6-8-4-2-1-3-5-8/h1-5,9,12H,6-7H2,(H3,11,14,15,16)/t9-/m0/s1. The fourth-order valence-electron chi connectivity index (χ4n) is 1.40. The maximum atomic E-state index is 11.4. The molecule has 7 nitrogen and oxygen atoms in total. The average molecular weight is 275 g/mol. The van der Waals surface area contributed by atoms with Crippen LogP contribution in [-0.2, 0) is 20.5 Å². The number of hydrogen-bond acceptors (Lipinski definition) is 4. The van der Waals surface area contributed by atoms with E-state index < -0.39 is 26.6 Å². The third-order valence-electron chi connectivity index (χ3n) is 2.10. The van der Waals surface area contributed by atoms with E-state index in [0.29, 0.717) is 5.56 Å².